The number of nitrogens with one attached hydrogen (secondary N) is 2. The van der Waals surface area contributed by atoms with Crippen LogP contribution in [0.2, 0.25) is 0 Å². The molecule has 3 amide bonds. The Morgan fingerprint density at radius 3 is 2.23 bits per heavy atom. The van der Waals surface area contributed by atoms with E-state index >= 15 is 0 Å². The molecular formula is C20H29N3O6S. The fourth-order valence-corrected chi connectivity index (χ4v) is 5.09. The second-order valence-corrected chi connectivity index (χ2v) is 9.63. The van der Waals surface area contributed by atoms with Crippen molar-refractivity contribution in [3.8, 4) is 0 Å². The lowest BCUT2D eigenvalue weighted by Crippen LogP contribution is -2.44. The zero-order valence-electron chi connectivity index (χ0n) is 17.7. The van der Waals surface area contributed by atoms with Gasteiger partial charge in [0.2, 0.25) is 10.0 Å². The molecule has 1 saturated heterocycles. The van der Waals surface area contributed by atoms with E-state index in [9.17, 15) is 22.8 Å². The van der Waals surface area contributed by atoms with Crippen LogP contribution in [0, 0.1) is 11.8 Å². The number of hydrogen-bond donors (Lipinski definition) is 2. The van der Waals surface area contributed by atoms with E-state index in [0.717, 1.165) is 6.42 Å². The van der Waals surface area contributed by atoms with Gasteiger partial charge in [-0.05, 0) is 56.4 Å². The first-order valence-electron chi connectivity index (χ1n) is 9.94. The second kappa shape index (κ2) is 10.0. The van der Waals surface area contributed by atoms with Gasteiger partial charge in [0.25, 0.3) is 5.91 Å². The number of hydrogen-bond acceptors (Lipinski definition) is 6. The topological polar surface area (TPSA) is 122 Å². The van der Waals surface area contributed by atoms with Gasteiger partial charge in [-0.2, -0.15) is 4.31 Å². The van der Waals surface area contributed by atoms with E-state index in [4.69, 9.17) is 4.74 Å². The molecule has 1 aromatic carbocycles. The molecule has 0 bridgehead atoms. The highest BCUT2D eigenvalue weighted by Crippen LogP contribution is 2.26. The first-order chi connectivity index (χ1) is 14.0. The molecule has 1 aliphatic rings. The number of imide groups is 1. The van der Waals surface area contributed by atoms with Crippen molar-refractivity contribution in [1.82, 2.24) is 14.9 Å². The normalized spacial score (nSPS) is 20.8. The standard InChI is InChI=1S/C20H29N3O6S/c1-5-21-20(26)22-18(24)15(4)29-19(25)16-6-8-17(9-7-16)30(27,28)23-11-13(2)10-14(3)12-23/h6-9,13-15H,5,10-12H2,1-4H3,(H2,21,22,24,26)/t13-,14-,15-/m1/s1. The summed E-state index contributed by atoms with van der Waals surface area (Å²) in [5.74, 6) is -0.991. The number of nitrogens with zero attached hydrogens (tertiary/aromatic N) is 1. The maximum Gasteiger partial charge on any atom is 0.338 e. The van der Waals surface area contributed by atoms with E-state index < -0.39 is 34.0 Å². The molecule has 1 aromatic rings. The van der Waals surface area contributed by atoms with Gasteiger partial charge < -0.3 is 10.1 Å². The monoisotopic (exact) mass is 439 g/mol. The fraction of sp³-hybridized carbons (Fsp3) is 0.550. The molecule has 0 unspecified atom stereocenters. The summed E-state index contributed by atoms with van der Waals surface area (Å²) >= 11 is 0. The predicted octanol–water partition coefficient (Wildman–Crippen LogP) is 1.74. The van der Waals surface area contributed by atoms with E-state index in [-0.39, 0.29) is 22.3 Å². The molecule has 0 aliphatic carbocycles. The summed E-state index contributed by atoms with van der Waals surface area (Å²) in [4.78, 5) is 35.6. The Bertz CT molecular complexity index is 874. The number of urea groups is 1. The molecule has 3 atom stereocenters. The summed E-state index contributed by atoms with van der Waals surface area (Å²) in [7, 11) is -3.65. The fourth-order valence-electron chi connectivity index (χ4n) is 3.41. The van der Waals surface area contributed by atoms with E-state index in [1.807, 2.05) is 13.8 Å². The van der Waals surface area contributed by atoms with E-state index in [1.54, 1.807) is 6.92 Å². The number of esters is 1. The van der Waals surface area contributed by atoms with Crippen molar-refractivity contribution >= 4 is 27.9 Å². The molecule has 30 heavy (non-hydrogen) atoms. The smallest absolute Gasteiger partial charge is 0.338 e. The highest BCUT2D eigenvalue weighted by atomic mass is 32.2. The van der Waals surface area contributed by atoms with Crippen LogP contribution in [0.4, 0.5) is 4.79 Å². The maximum atomic E-state index is 12.9. The number of sulfonamides is 1. The number of ether oxygens (including phenoxy) is 1. The van der Waals surface area contributed by atoms with Gasteiger partial charge in [-0.15, -0.1) is 0 Å². The summed E-state index contributed by atoms with van der Waals surface area (Å²) in [6.07, 6.45) is -0.206. The lowest BCUT2D eigenvalue weighted by atomic mass is 9.94. The summed E-state index contributed by atoms with van der Waals surface area (Å²) in [6.45, 7) is 8.37. The van der Waals surface area contributed by atoms with Crippen molar-refractivity contribution in [1.29, 1.82) is 0 Å². The SMILES string of the molecule is CCNC(=O)NC(=O)[C@@H](C)OC(=O)c1ccc(S(=O)(=O)N2C[C@H](C)C[C@@H](C)C2)cc1. The molecule has 10 heteroatoms. The molecule has 2 N–H and O–H groups in total. The van der Waals surface area contributed by atoms with Crippen LogP contribution in [0.15, 0.2) is 29.2 Å². The molecule has 2 rings (SSSR count). The number of benzene rings is 1. The lowest BCUT2D eigenvalue weighted by Gasteiger charge is -2.34. The molecule has 0 aromatic heterocycles. The van der Waals surface area contributed by atoms with Gasteiger partial charge >= 0.3 is 12.0 Å². The molecule has 1 heterocycles. The van der Waals surface area contributed by atoms with Crippen LogP contribution in [0.1, 0.15) is 44.5 Å². The lowest BCUT2D eigenvalue weighted by molar-refractivity contribution is -0.127. The maximum absolute atomic E-state index is 12.9. The number of rotatable bonds is 6. The summed E-state index contributed by atoms with van der Waals surface area (Å²) in [6, 6.07) is 4.73. The third-order valence-corrected chi connectivity index (χ3v) is 6.64. The Balaban J connectivity index is 2.03. The van der Waals surface area contributed by atoms with Gasteiger partial charge in [0, 0.05) is 19.6 Å². The van der Waals surface area contributed by atoms with Gasteiger partial charge in [0.05, 0.1) is 10.5 Å². The Morgan fingerprint density at radius 1 is 1.13 bits per heavy atom. The summed E-state index contributed by atoms with van der Waals surface area (Å²) in [5.41, 5.74) is 0.104. The predicted molar refractivity (Wildman–Crippen MR) is 110 cm³/mol. The van der Waals surface area contributed by atoms with E-state index in [0.29, 0.717) is 19.6 Å². The van der Waals surface area contributed by atoms with Crippen LogP contribution in [0.3, 0.4) is 0 Å². The first kappa shape index (κ1) is 23.8. The summed E-state index contributed by atoms with van der Waals surface area (Å²) in [5, 5.41) is 4.46. The van der Waals surface area contributed by atoms with Gasteiger partial charge in [0.1, 0.15) is 0 Å². The van der Waals surface area contributed by atoms with Crippen molar-refractivity contribution in [2.75, 3.05) is 19.6 Å². The van der Waals surface area contributed by atoms with Gasteiger partial charge in [-0.3, -0.25) is 10.1 Å². The number of carbonyl (C=O) groups excluding carboxylic acids is 3. The van der Waals surface area contributed by atoms with Crippen molar-refractivity contribution in [2.24, 2.45) is 11.8 Å². The number of piperidine rings is 1. The minimum absolute atomic E-state index is 0.0994. The largest absolute Gasteiger partial charge is 0.449 e. The number of carbonyl (C=O) groups is 3. The minimum Gasteiger partial charge on any atom is -0.449 e. The van der Waals surface area contributed by atoms with Crippen LogP contribution < -0.4 is 10.6 Å². The molecule has 1 fully saturated rings. The van der Waals surface area contributed by atoms with Crippen molar-refractivity contribution < 1.29 is 27.5 Å². The second-order valence-electron chi connectivity index (χ2n) is 7.69. The Hall–Kier alpha value is -2.46. The van der Waals surface area contributed by atoms with Crippen LogP contribution in [-0.2, 0) is 19.6 Å². The Morgan fingerprint density at radius 2 is 1.70 bits per heavy atom. The average molecular weight is 440 g/mol. The minimum atomic E-state index is -3.65. The van der Waals surface area contributed by atoms with E-state index in [1.165, 1.54) is 35.5 Å². The van der Waals surface area contributed by atoms with Gasteiger partial charge in [-0.25, -0.2) is 18.0 Å². The van der Waals surface area contributed by atoms with Crippen LogP contribution in [0.25, 0.3) is 0 Å². The van der Waals surface area contributed by atoms with Crippen molar-refractivity contribution in [3.05, 3.63) is 29.8 Å². The first-order valence-corrected chi connectivity index (χ1v) is 11.4. The Labute approximate surface area is 177 Å². The third kappa shape index (κ3) is 6.02. The summed E-state index contributed by atoms with van der Waals surface area (Å²) < 4.78 is 32.3. The van der Waals surface area contributed by atoms with E-state index in [2.05, 4.69) is 10.6 Å². The molecule has 0 saturated carbocycles. The zero-order valence-corrected chi connectivity index (χ0v) is 18.5. The molecule has 166 valence electrons. The third-order valence-electron chi connectivity index (χ3n) is 4.79. The van der Waals surface area contributed by atoms with Crippen molar-refractivity contribution in [2.45, 2.75) is 45.1 Å². The van der Waals surface area contributed by atoms with Gasteiger partial charge in [-0.1, -0.05) is 13.8 Å². The average Bonchev–Trinajstić information content (AvgIpc) is 2.67. The van der Waals surface area contributed by atoms with Crippen molar-refractivity contribution in [3.63, 3.8) is 0 Å². The number of amides is 3. The molecule has 0 spiro atoms. The zero-order chi connectivity index (χ0) is 22.5. The van der Waals surface area contributed by atoms with Crippen LogP contribution >= 0.6 is 0 Å². The molecular weight excluding hydrogens is 410 g/mol. The molecule has 9 nitrogen and oxygen atoms in total. The van der Waals surface area contributed by atoms with Gasteiger partial charge in [0.15, 0.2) is 6.10 Å². The highest BCUT2D eigenvalue weighted by molar-refractivity contribution is 7.89. The quantitative estimate of drug-likeness (QED) is 0.651. The highest BCUT2D eigenvalue weighted by Gasteiger charge is 2.31. The Kier molecular flexibility index (Phi) is 7.96. The molecule has 0 radical (unpaired) electrons. The van der Waals surface area contributed by atoms with Crippen LogP contribution in [-0.4, -0.2) is 56.4 Å². The molecule has 1 aliphatic heterocycles. The van der Waals surface area contributed by atoms with Crippen LogP contribution in [0.5, 0.6) is 0 Å².